The largest absolute Gasteiger partial charge is 0.457 e. The van der Waals surface area contributed by atoms with E-state index in [4.69, 9.17) is 13.6 Å². The molecule has 1 atom stereocenters. The average Bonchev–Trinajstić information content (AvgIpc) is 2.37. The van der Waals surface area contributed by atoms with Gasteiger partial charge in [-0.1, -0.05) is 26.8 Å². The van der Waals surface area contributed by atoms with Crippen LogP contribution in [0.25, 0.3) is 0 Å². The number of ether oxygens (including phenoxy) is 1. The summed E-state index contributed by atoms with van der Waals surface area (Å²) in [6, 6.07) is 0.768. The Labute approximate surface area is 112 Å². The van der Waals surface area contributed by atoms with E-state index < -0.39 is 14.5 Å². The monoisotopic (exact) mass is 274 g/mol. The predicted octanol–water partition coefficient (Wildman–Crippen LogP) is 2.96. The zero-order chi connectivity index (χ0) is 14.0. The summed E-state index contributed by atoms with van der Waals surface area (Å²) in [6.07, 6.45) is 2.87. The highest BCUT2D eigenvalue weighted by atomic mass is 28.4. The van der Waals surface area contributed by atoms with Crippen LogP contribution in [0.15, 0.2) is 12.7 Å². The lowest BCUT2D eigenvalue weighted by molar-refractivity contribution is -0.141. The molecule has 5 heteroatoms. The van der Waals surface area contributed by atoms with Gasteiger partial charge in [-0.05, 0) is 26.3 Å². The molecule has 0 saturated heterocycles. The predicted molar refractivity (Wildman–Crippen MR) is 74.5 cm³/mol. The molecule has 0 N–H and O–H groups in total. The third-order valence-electron chi connectivity index (χ3n) is 2.74. The molecule has 0 rings (SSSR count). The van der Waals surface area contributed by atoms with Crippen LogP contribution in [0.5, 0.6) is 0 Å². The Bertz CT molecular complexity index is 249. The number of esters is 1. The average molecular weight is 274 g/mol. The van der Waals surface area contributed by atoms with Gasteiger partial charge in [-0.15, -0.1) is 0 Å². The second kappa shape index (κ2) is 9.30. The fraction of sp³-hybridized carbons (Fsp3) is 0.769. The van der Waals surface area contributed by atoms with Gasteiger partial charge in [0, 0.05) is 19.3 Å². The zero-order valence-electron chi connectivity index (χ0n) is 12.0. The van der Waals surface area contributed by atoms with Gasteiger partial charge in [-0.2, -0.15) is 0 Å². The number of rotatable bonds is 10. The van der Waals surface area contributed by atoms with E-state index in [2.05, 4.69) is 13.5 Å². The first-order chi connectivity index (χ1) is 8.60. The highest BCUT2D eigenvalue weighted by molar-refractivity contribution is 6.68. The van der Waals surface area contributed by atoms with Gasteiger partial charge < -0.3 is 13.6 Å². The maximum absolute atomic E-state index is 11.4. The molecule has 18 heavy (non-hydrogen) atoms. The van der Waals surface area contributed by atoms with Crippen molar-refractivity contribution in [1.29, 1.82) is 0 Å². The first-order valence-corrected chi connectivity index (χ1v) is 8.81. The van der Waals surface area contributed by atoms with Crippen LogP contribution in [-0.4, -0.2) is 33.5 Å². The summed E-state index contributed by atoms with van der Waals surface area (Å²) in [5.41, 5.74) is -0.266. The Hall–Kier alpha value is -0.653. The van der Waals surface area contributed by atoms with Gasteiger partial charge in [0.15, 0.2) is 0 Å². The molecule has 0 fully saturated rings. The van der Waals surface area contributed by atoms with Crippen LogP contribution in [0, 0.1) is 0 Å². The minimum absolute atomic E-state index is 0.266. The molecule has 0 aliphatic heterocycles. The molecule has 1 unspecified atom stereocenters. The second-order valence-corrected chi connectivity index (χ2v) is 7.50. The van der Waals surface area contributed by atoms with Crippen LogP contribution in [-0.2, 0) is 18.4 Å². The summed E-state index contributed by atoms with van der Waals surface area (Å²) >= 11 is 0. The molecular formula is C13H26O4Si. The Morgan fingerprint density at radius 3 is 2.11 bits per heavy atom. The van der Waals surface area contributed by atoms with Crippen LogP contribution in [0.2, 0.25) is 6.04 Å². The summed E-state index contributed by atoms with van der Waals surface area (Å²) in [5.74, 6) is -0.404. The summed E-state index contributed by atoms with van der Waals surface area (Å²) in [6.45, 7) is 12.5. The van der Waals surface area contributed by atoms with Crippen molar-refractivity contribution < 1.29 is 18.4 Å². The van der Waals surface area contributed by atoms with Gasteiger partial charge >= 0.3 is 14.5 Å². The highest BCUT2D eigenvalue weighted by Crippen LogP contribution is 2.24. The lowest BCUT2D eigenvalue weighted by Crippen LogP contribution is -2.55. The van der Waals surface area contributed by atoms with Crippen molar-refractivity contribution >= 4 is 14.5 Å². The summed E-state index contributed by atoms with van der Waals surface area (Å²) < 4.78 is 17.2. The maximum Gasteiger partial charge on any atom is 0.380 e. The summed E-state index contributed by atoms with van der Waals surface area (Å²) in [7, 11) is -2.49. The molecule has 0 bridgehead atoms. The molecule has 0 radical (unpaired) electrons. The molecule has 0 amide bonds. The third kappa shape index (κ3) is 4.92. The van der Waals surface area contributed by atoms with E-state index in [1.807, 2.05) is 20.8 Å². The zero-order valence-corrected chi connectivity index (χ0v) is 13.0. The maximum atomic E-state index is 11.4. The van der Waals surface area contributed by atoms with E-state index in [-0.39, 0.29) is 5.73 Å². The molecule has 0 saturated carbocycles. The van der Waals surface area contributed by atoms with Gasteiger partial charge in [-0.3, -0.25) is 0 Å². The molecule has 0 heterocycles. The lowest BCUT2D eigenvalue weighted by Gasteiger charge is -2.35. The number of carbonyl (C=O) groups excluding carboxylic acids is 1. The fourth-order valence-corrected chi connectivity index (χ4v) is 5.29. The first-order valence-electron chi connectivity index (χ1n) is 6.71. The van der Waals surface area contributed by atoms with Crippen molar-refractivity contribution in [2.45, 2.75) is 52.3 Å². The topological polar surface area (TPSA) is 44.8 Å². The molecule has 106 valence electrons. The van der Waals surface area contributed by atoms with E-state index in [0.29, 0.717) is 13.2 Å². The van der Waals surface area contributed by atoms with Crippen molar-refractivity contribution in [3.05, 3.63) is 12.7 Å². The second-order valence-electron chi connectivity index (χ2n) is 3.95. The minimum atomic E-state index is -2.49. The Balaban J connectivity index is 5.03. The standard InChI is InChI=1S/C13H26O4Si/c1-6-11-13(17-12(14)7-2)18(10-5,15-8-3)16-9-4/h7,13H,2,6,8-11H2,1,3-5H3. The molecule has 0 aliphatic rings. The molecule has 0 spiro atoms. The fourth-order valence-electron chi connectivity index (χ4n) is 1.97. The Morgan fingerprint density at radius 1 is 1.22 bits per heavy atom. The van der Waals surface area contributed by atoms with Gasteiger partial charge in [0.2, 0.25) is 0 Å². The van der Waals surface area contributed by atoms with E-state index >= 15 is 0 Å². The van der Waals surface area contributed by atoms with Gasteiger partial charge in [0.1, 0.15) is 5.73 Å². The third-order valence-corrected chi connectivity index (χ3v) is 6.66. The molecule has 0 aliphatic carbocycles. The molecule has 4 nitrogen and oxygen atoms in total. The number of carbonyl (C=O) groups is 1. The van der Waals surface area contributed by atoms with Gasteiger partial charge in [0.25, 0.3) is 0 Å². The Morgan fingerprint density at radius 2 is 1.78 bits per heavy atom. The van der Waals surface area contributed by atoms with Gasteiger partial charge in [0.05, 0.1) is 0 Å². The van der Waals surface area contributed by atoms with Crippen molar-refractivity contribution in [3.8, 4) is 0 Å². The number of hydrogen-bond donors (Lipinski definition) is 0. The molecule has 0 aromatic heterocycles. The Kier molecular flexibility index (Phi) is 8.96. The van der Waals surface area contributed by atoms with E-state index in [1.54, 1.807) is 0 Å². The SMILES string of the molecule is C=CC(=O)OC(CCC)[Si](CC)(OCC)OCC. The smallest absolute Gasteiger partial charge is 0.380 e. The van der Waals surface area contributed by atoms with Crippen LogP contribution in [0.3, 0.4) is 0 Å². The van der Waals surface area contributed by atoms with E-state index in [0.717, 1.165) is 18.9 Å². The minimum Gasteiger partial charge on any atom is -0.457 e. The van der Waals surface area contributed by atoms with Crippen LogP contribution in [0.1, 0.15) is 40.5 Å². The quantitative estimate of drug-likeness (QED) is 0.349. The summed E-state index contributed by atoms with van der Waals surface area (Å²) in [4.78, 5) is 11.4. The molecular weight excluding hydrogens is 248 g/mol. The highest BCUT2D eigenvalue weighted by Gasteiger charge is 2.46. The van der Waals surface area contributed by atoms with E-state index in [9.17, 15) is 4.79 Å². The van der Waals surface area contributed by atoms with Crippen molar-refractivity contribution in [2.24, 2.45) is 0 Å². The van der Waals surface area contributed by atoms with Crippen molar-refractivity contribution in [3.63, 3.8) is 0 Å². The summed E-state index contributed by atoms with van der Waals surface area (Å²) in [5, 5.41) is 0. The van der Waals surface area contributed by atoms with Gasteiger partial charge in [-0.25, -0.2) is 4.79 Å². The lowest BCUT2D eigenvalue weighted by atomic mass is 10.3. The van der Waals surface area contributed by atoms with Crippen molar-refractivity contribution in [1.82, 2.24) is 0 Å². The van der Waals surface area contributed by atoms with Crippen molar-refractivity contribution in [2.75, 3.05) is 13.2 Å². The van der Waals surface area contributed by atoms with Crippen LogP contribution in [0.4, 0.5) is 0 Å². The van der Waals surface area contributed by atoms with Crippen LogP contribution < -0.4 is 0 Å². The first kappa shape index (κ1) is 17.3. The van der Waals surface area contributed by atoms with E-state index in [1.165, 1.54) is 6.08 Å². The number of hydrogen-bond acceptors (Lipinski definition) is 4. The normalized spacial score (nSPS) is 13.1. The molecule has 0 aromatic rings. The van der Waals surface area contributed by atoms with Crippen LogP contribution >= 0.6 is 0 Å². The molecule has 0 aromatic carbocycles.